The van der Waals surface area contributed by atoms with Crippen molar-refractivity contribution in [3.05, 3.63) is 90.5 Å². The molecule has 0 aromatic heterocycles. The van der Waals surface area contributed by atoms with E-state index in [0.29, 0.717) is 26.2 Å². The molecule has 0 unspecified atom stereocenters. The van der Waals surface area contributed by atoms with Gasteiger partial charge in [0.1, 0.15) is 12.4 Å². The molecule has 0 aliphatic rings. The predicted octanol–water partition coefficient (Wildman–Crippen LogP) is 3.98. The smallest absolute Gasteiger partial charge is 0.234 e. The average Bonchev–Trinajstić information content (AvgIpc) is 2.73. The molecule has 4 nitrogen and oxygen atoms in total. The predicted molar refractivity (Wildman–Crippen MR) is 113 cm³/mol. The molecule has 3 aromatic rings. The Morgan fingerprint density at radius 2 is 1.54 bits per heavy atom. The Balaban J connectivity index is 1.46. The highest BCUT2D eigenvalue weighted by Crippen LogP contribution is 2.24. The molecule has 0 heterocycles. The second-order valence-corrected chi connectivity index (χ2v) is 6.71. The monoisotopic (exact) mass is 374 g/mol. The van der Waals surface area contributed by atoms with Crippen LogP contribution in [-0.4, -0.2) is 37.6 Å². The molecule has 28 heavy (non-hydrogen) atoms. The lowest BCUT2D eigenvalue weighted by Gasteiger charge is -2.19. The molecule has 0 aliphatic heterocycles. The van der Waals surface area contributed by atoms with Gasteiger partial charge in [0.25, 0.3) is 0 Å². The third-order valence-electron chi connectivity index (χ3n) is 4.39. The molecule has 1 amide bonds. The molecule has 1 N–H and O–H groups in total. The van der Waals surface area contributed by atoms with Gasteiger partial charge >= 0.3 is 0 Å². The van der Waals surface area contributed by atoms with Crippen molar-refractivity contribution in [2.75, 3.05) is 26.7 Å². The van der Waals surface area contributed by atoms with Crippen molar-refractivity contribution in [1.82, 2.24) is 10.2 Å². The molecular formula is C24H26N2O2. The molecule has 4 heteroatoms. The minimum atomic E-state index is -0.00338. The van der Waals surface area contributed by atoms with E-state index in [-0.39, 0.29) is 5.91 Å². The number of rotatable bonds is 9. The van der Waals surface area contributed by atoms with E-state index < -0.39 is 0 Å². The van der Waals surface area contributed by atoms with Gasteiger partial charge < -0.3 is 10.1 Å². The molecule has 0 atom stereocenters. The summed E-state index contributed by atoms with van der Waals surface area (Å²) < 4.78 is 5.59. The van der Waals surface area contributed by atoms with E-state index in [0.717, 1.165) is 5.75 Å². The number of hydrogen-bond acceptors (Lipinski definition) is 3. The lowest BCUT2D eigenvalue weighted by Crippen LogP contribution is -2.36. The first-order chi connectivity index (χ1) is 13.7. The first kappa shape index (κ1) is 19.6. The van der Waals surface area contributed by atoms with Crippen LogP contribution in [0.5, 0.6) is 5.75 Å². The fourth-order valence-corrected chi connectivity index (χ4v) is 3.08. The van der Waals surface area contributed by atoms with Gasteiger partial charge in [-0.25, -0.2) is 0 Å². The number of carbonyl (C=O) groups excluding carboxylic acids is 1. The number of benzene rings is 3. The minimum absolute atomic E-state index is 0.00338. The van der Waals surface area contributed by atoms with Gasteiger partial charge in [-0.3, -0.25) is 9.69 Å². The van der Waals surface area contributed by atoms with Crippen molar-refractivity contribution in [3.63, 3.8) is 0 Å². The van der Waals surface area contributed by atoms with Crippen molar-refractivity contribution in [2.45, 2.75) is 6.54 Å². The fraction of sp³-hybridized carbons (Fsp3) is 0.208. The Kier molecular flexibility index (Phi) is 7.21. The Labute approximate surface area is 166 Å². The highest BCUT2D eigenvalue weighted by molar-refractivity contribution is 5.78. The van der Waals surface area contributed by atoms with Crippen LogP contribution >= 0.6 is 0 Å². The molecule has 3 aromatic carbocycles. The summed E-state index contributed by atoms with van der Waals surface area (Å²) in [5.74, 6) is 0.808. The van der Waals surface area contributed by atoms with Crippen LogP contribution in [0.1, 0.15) is 5.56 Å². The Morgan fingerprint density at radius 1 is 0.893 bits per heavy atom. The van der Waals surface area contributed by atoms with E-state index in [4.69, 9.17) is 4.74 Å². The van der Waals surface area contributed by atoms with Crippen molar-refractivity contribution in [1.29, 1.82) is 0 Å². The van der Waals surface area contributed by atoms with E-state index in [2.05, 4.69) is 29.6 Å². The second-order valence-electron chi connectivity index (χ2n) is 6.71. The van der Waals surface area contributed by atoms with E-state index >= 15 is 0 Å². The van der Waals surface area contributed by atoms with Crippen LogP contribution in [0.25, 0.3) is 11.1 Å². The third kappa shape index (κ3) is 5.96. The molecule has 0 saturated heterocycles. The summed E-state index contributed by atoms with van der Waals surface area (Å²) in [6.45, 7) is 1.99. The number of para-hydroxylation sites is 1. The van der Waals surface area contributed by atoms with Crippen LogP contribution < -0.4 is 10.1 Å². The maximum atomic E-state index is 12.2. The molecule has 0 saturated carbocycles. The van der Waals surface area contributed by atoms with Crippen LogP contribution in [0.4, 0.5) is 0 Å². The number of carbonyl (C=O) groups is 1. The number of amides is 1. The molecule has 0 radical (unpaired) electrons. The van der Waals surface area contributed by atoms with E-state index in [9.17, 15) is 4.79 Å². The van der Waals surface area contributed by atoms with Crippen LogP contribution in [0.15, 0.2) is 84.9 Å². The highest BCUT2D eigenvalue weighted by Gasteiger charge is 2.10. The van der Waals surface area contributed by atoms with Crippen molar-refractivity contribution in [2.24, 2.45) is 0 Å². The molecule has 0 aliphatic carbocycles. The minimum Gasteiger partial charge on any atom is -0.492 e. The molecule has 0 fully saturated rings. The number of nitrogens with zero attached hydrogens (tertiary/aromatic N) is 1. The summed E-state index contributed by atoms with van der Waals surface area (Å²) in [7, 11) is 1.96. The zero-order chi connectivity index (χ0) is 19.6. The van der Waals surface area contributed by atoms with Gasteiger partial charge in [0, 0.05) is 6.54 Å². The van der Waals surface area contributed by atoms with E-state index in [1.807, 2.05) is 72.6 Å². The van der Waals surface area contributed by atoms with Gasteiger partial charge in [0.2, 0.25) is 5.91 Å². The summed E-state index contributed by atoms with van der Waals surface area (Å²) in [5.41, 5.74) is 3.59. The van der Waals surface area contributed by atoms with Gasteiger partial charge in [-0.05, 0) is 35.9 Å². The van der Waals surface area contributed by atoms with Gasteiger partial charge in [0.15, 0.2) is 0 Å². The zero-order valence-corrected chi connectivity index (χ0v) is 16.2. The number of hydrogen-bond donors (Lipinski definition) is 1. The van der Waals surface area contributed by atoms with E-state index in [1.165, 1.54) is 16.7 Å². The van der Waals surface area contributed by atoms with Crippen LogP contribution in [-0.2, 0) is 11.3 Å². The lowest BCUT2D eigenvalue weighted by atomic mass is 9.99. The van der Waals surface area contributed by atoms with Gasteiger partial charge in [-0.1, -0.05) is 72.8 Å². The first-order valence-electron chi connectivity index (χ1n) is 9.49. The summed E-state index contributed by atoms with van der Waals surface area (Å²) in [4.78, 5) is 14.2. The number of nitrogens with one attached hydrogen (secondary N) is 1. The first-order valence-corrected chi connectivity index (χ1v) is 9.49. The van der Waals surface area contributed by atoms with Gasteiger partial charge in [-0.15, -0.1) is 0 Å². The van der Waals surface area contributed by atoms with Crippen molar-refractivity contribution in [3.8, 4) is 16.9 Å². The Bertz CT molecular complexity index is 866. The summed E-state index contributed by atoms with van der Waals surface area (Å²) in [5, 5.41) is 2.91. The van der Waals surface area contributed by atoms with E-state index in [1.54, 1.807) is 0 Å². The molecule has 0 spiro atoms. The van der Waals surface area contributed by atoms with Gasteiger partial charge in [0.05, 0.1) is 13.1 Å². The summed E-state index contributed by atoms with van der Waals surface area (Å²) in [6.07, 6.45) is 0. The SMILES string of the molecule is CN(CC(=O)NCCOc1ccccc1)Cc1ccccc1-c1ccccc1. The summed E-state index contributed by atoms with van der Waals surface area (Å²) >= 11 is 0. The third-order valence-corrected chi connectivity index (χ3v) is 4.39. The Hall–Kier alpha value is -3.11. The quantitative estimate of drug-likeness (QED) is 0.576. The summed E-state index contributed by atoms with van der Waals surface area (Å²) in [6, 6.07) is 28.3. The highest BCUT2D eigenvalue weighted by atomic mass is 16.5. The van der Waals surface area contributed by atoms with Crippen LogP contribution in [0, 0.1) is 0 Å². The molecule has 0 bridgehead atoms. The van der Waals surface area contributed by atoms with Crippen molar-refractivity contribution < 1.29 is 9.53 Å². The molecular weight excluding hydrogens is 348 g/mol. The number of ether oxygens (including phenoxy) is 1. The second kappa shape index (κ2) is 10.3. The standard InChI is InChI=1S/C24H26N2O2/c1-26(19-24(27)25-16-17-28-22-13-6-3-7-14-22)18-21-12-8-9-15-23(21)20-10-4-2-5-11-20/h2-15H,16-19H2,1H3,(H,25,27). The van der Waals surface area contributed by atoms with Crippen molar-refractivity contribution >= 4 is 5.91 Å². The normalized spacial score (nSPS) is 10.6. The maximum absolute atomic E-state index is 12.2. The van der Waals surface area contributed by atoms with Crippen LogP contribution in [0.3, 0.4) is 0 Å². The largest absolute Gasteiger partial charge is 0.492 e. The molecule has 3 rings (SSSR count). The fourth-order valence-electron chi connectivity index (χ4n) is 3.08. The molecule has 144 valence electrons. The maximum Gasteiger partial charge on any atom is 0.234 e. The average molecular weight is 374 g/mol. The van der Waals surface area contributed by atoms with Gasteiger partial charge in [-0.2, -0.15) is 0 Å². The lowest BCUT2D eigenvalue weighted by molar-refractivity contribution is -0.122. The topological polar surface area (TPSA) is 41.6 Å². The Morgan fingerprint density at radius 3 is 2.29 bits per heavy atom. The van der Waals surface area contributed by atoms with Crippen LogP contribution in [0.2, 0.25) is 0 Å². The number of likely N-dealkylation sites (N-methyl/N-ethyl adjacent to an activating group) is 1. The zero-order valence-electron chi connectivity index (χ0n) is 16.2.